The van der Waals surface area contributed by atoms with Gasteiger partial charge in [0.05, 0.1) is 0 Å². The first-order valence-electron chi connectivity index (χ1n) is 4.36. The van der Waals surface area contributed by atoms with E-state index < -0.39 is 18.9 Å². The molecule has 3 N–H and O–H groups in total. The topological polar surface area (TPSA) is 94.8 Å². The minimum Gasteiger partial charge on any atom is -0.477 e. The van der Waals surface area contributed by atoms with Gasteiger partial charge in [0, 0.05) is 0 Å². The average Bonchev–Trinajstić information content (AvgIpc) is 2.00. The average molecular weight is 222 g/mol. The standard InChI is InChI=1S/C8H15O5P/c1-3-5-6(4-2)7(8(9)10)14(11,12)13/h3-5H2,1-2H3,(H,9,10)(H2,11,12,13). The minimum atomic E-state index is -4.65. The maximum Gasteiger partial charge on any atom is 0.363 e. The Morgan fingerprint density at radius 1 is 1.29 bits per heavy atom. The Morgan fingerprint density at radius 3 is 2.00 bits per heavy atom. The van der Waals surface area contributed by atoms with E-state index in [0.717, 1.165) is 0 Å². The van der Waals surface area contributed by atoms with Crippen LogP contribution in [0.4, 0.5) is 0 Å². The zero-order valence-electron chi connectivity index (χ0n) is 8.23. The summed E-state index contributed by atoms with van der Waals surface area (Å²) in [7, 11) is -4.65. The van der Waals surface area contributed by atoms with Crippen LogP contribution in [0.1, 0.15) is 33.1 Å². The monoisotopic (exact) mass is 222 g/mol. The fourth-order valence-electron chi connectivity index (χ4n) is 1.25. The second-order valence-electron chi connectivity index (χ2n) is 2.90. The highest BCUT2D eigenvalue weighted by Crippen LogP contribution is 2.47. The summed E-state index contributed by atoms with van der Waals surface area (Å²) in [6.07, 6.45) is 1.42. The first kappa shape index (κ1) is 13.4. The number of allylic oxidation sites excluding steroid dienone is 1. The molecule has 0 aromatic heterocycles. The minimum absolute atomic E-state index is 0.327. The smallest absolute Gasteiger partial charge is 0.363 e. The summed E-state index contributed by atoms with van der Waals surface area (Å²) in [5.74, 6) is -1.52. The molecule has 0 fully saturated rings. The molecule has 0 bridgehead atoms. The number of carbonyl (C=O) groups is 1. The van der Waals surface area contributed by atoms with Crippen LogP contribution in [0.3, 0.4) is 0 Å². The predicted molar refractivity (Wildman–Crippen MR) is 51.9 cm³/mol. The molecule has 0 radical (unpaired) electrons. The van der Waals surface area contributed by atoms with Crippen LogP contribution in [-0.4, -0.2) is 20.9 Å². The van der Waals surface area contributed by atoms with E-state index in [1.165, 1.54) is 0 Å². The Hall–Kier alpha value is -0.640. The predicted octanol–water partition coefficient (Wildman–Crippen LogP) is 1.71. The molecule has 0 atom stereocenters. The van der Waals surface area contributed by atoms with Crippen LogP contribution in [-0.2, 0) is 9.36 Å². The van der Waals surface area contributed by atoms with Crippen molar-refractivity contribution in [2.45, 2.75) is 33.1 Å². The molecule has 0 rings (SSSR count). The molecule has 0 unspecified atom stereocenters. The van der Waals surface area contributed by atoms with E-state index in [1.807, 2.05) is 6.92 Å². The van der Waals surface area contributed by atoms with Gasteiger partial charge < -0.3 is 14.9 Å². The van der Waals surface area contributed by atoms with Crippen LogP contribution in [0.2, 0.25) is 0 Å². The van der Waals surface area contributed by atoms with Gasteiger partial charge in [0.15, 0.2) is 0 Å². The molecular weight excluding hydrogens is 207 g/mol. The molecule has 0 aliphatic rings. The largest absolute Gasteiger partial charge is 0.477 e. The normalized spacial score (nSPS) is 13.7. The molecule has 0 aromatic carbocycles. The van der Waals surface area contributed by atoms with Gasteiger partial charge in [-0.3, -0.25) is 4.57 Å². The Balaban J connectivity index is 5.33. The van der Waals surface area contributed by atoms with E-state index in [4.69, 9.17) is 14.9 Å². The number of rotatable bonds is 5. The molecular formula is C8H15O5P. The van der Waals surface area contributed by atoms with E-state index in [0.29, 0.717) is 24.8 Å². The van der Waals surface area contributed by atoms with Crippen LogP contribution >= 0.6 is 7.60 Å². The zero-order valence-corrected chi connectivity index (χ0v) is 9.12. The Bertz CT molecular complexity index is 288. The molecule has 6 heteroatoms. The first-order valence-corrected chi connectivity index (χ1v) is 5.97. The van der Waals surface area contributed by atoms with Crippen molar-refractivity contribution in [3.8, 4) is 0 Å². The maximum absolute atomic E-state index is 10.9. The fourth-order valence-corrected chi connectivity index (χ4v) is 2.18. The van der Waals surface area contributed by atoms with E-state index in [1.54, 1.807) is 6.92 Å². The summed E-state index contributed by atoms with van der Waals surface area (Å²) in [4.78, 5) is 28.4. The molecule has 82 valence electrons. The third-order valence-electron chi connectivity index (χ3n) is 1.81. The lowest BCUT2D eigenvalue weighted by molar-refractivity contribution is -0.132. The van der Waals surface area contributed by atoms with E-state index >= 15 is 0 Å². The van der Waals surface area contributed by atoms with Gasteiger partial charge in [-0.2, -0.15) is 0 Å². The Morgan fingerprint density at radius 2 is 1.79 bits per heavy atom. The van der Waals surface area contributed by atoms with Gasteiger partial charge >= 0.3 is 13.6 Å². The summed E-state index contributed by atoms with van der Waals surface area (Å²) in [5, 5.41) is 7.95. The lowest BCUT2D eigenvalue weighted by atomic mass is 10.1. The quantitative estimate of drug-likeness (QED) is 0.486. The zero-order chi connectivity index (χ0) is 11.4. The van der Waals surface area contributed by atoms with Crippen molar-refractivity contribution in [3.63, 3.8) is 0 Å². The number of aliphatic carboxylic acids is 1. The lowest BCUT2D eigenvalue weighted by Crippen LogP contribution is -2.05. The highest BCUT2D eigenvalue weighted by atomic mass is 31.2. The van der Waals surface area contributed by atoms with Gasteiger partial charge in [0.25, 0.3) is 0 Å². The maximum atomic E-state index is 10.9. The Labute approximate surface area is 82.6 Å². The molecule has 0 saturated carbocycles. The van der Waals surface area contributed by atoms with Gasteiger partial charge in [0.2, 0.25) is 0 Å². The second-order valence-corrected chi connectivity index (χ2v) is 4.44. The fraction of sp³-hybridized carbons (Fsp3) is 0.625. The van der Waals surface area contributed by atoms with Crippen molar-refractivity contribution in [2.24, 2.45) is 0 Å². The Kier molecular flexibility index (Phi) is 5.05. The van der Waals surface area contributed by atoms with E-state index in [9.17, 15) is 9.36 Å². The molecule has 0 aliphatic heterocycles. The van der Waals surface area contributed by atoms with Gasteiger partial charge in [-0.25, -0.2) is 4.79 Å². The lowest BCUT2D eigenvalue weighted by Gasteiger charge is -2.10. The summed E-state index contributed by atoms with van der Waals surface area (Å²) in [6, 6.07) is 0. The summed E-state index contributed by atoms with van der Waals surface area (Å²) >= 11 is 0. The second kappa shape index (κ2) is 5.29. The van der Waals surface area contributed by atoms with E-state index in [2.05, 4.69) is 0 Å². The van der Waals surface area contributed by atoms with Crippen molar-refractivity contribution < 1.29 is 24.3 Å². The summed E-state index contributed by atoms with van der Waals surface area (Å²) < 4.78 is 10.9. The molecule has 0 heterocycles. The van der Waals surface area contributed by atoms with Crippen molar-refractivity contribution in [3.05, 3.63) is 10.9 Å². The number of hydrogen-bond donors (Lipinski definition) is 3. The van der Waals surface area contributed by atoms with Crippen LogP contribution in [0, 0.1) is 0 Å². The third-order valence-corrected chi connectivity index (χ3v) is 2.90. The molecule has 14 heavy (non-hydrogen) atoms. The van der Waals surface area contributed by atoms with Gasteiger partial charge in [0.1, 0.15) is 5.31 Å². The number of carboxylic acids is 1. The first-order chi connectivity index (χ1) is 6.34. The molecule has 0 amide bonds. The van der Waals surface area contributed by atoms with Crippen molar-refractivity contribution in [1.82, 2.24) is 0 Å². The highest BCUT2D eigenvalue weighted by molar-refractivity contribution is 7.58. The SMILES string of the molecule is CCCC(CC)=C(C(=O)O)P(=O)(O)O. The molecule has 0 saturated heterocycles. The van der Waals surface area contributed by atoms with Gasteiger partial charge in [-0.15, -0.1) is 0 Å². The molecule has 0 aromatic rings. The van der Waals surface area contributed by atoms with Crippen LogP contribution < -0.4 is 0 Å². The van der Waals surface area contributed by atoms with Crippen molar-refractivity contribution in [1.29, 1.82) is 0 Å². The molecule has 5 nitrogen and oxygen atoms in total. The summed E-state index contributed by atoms with van der Waals surface area (Å²) in [5.41, 5.74) is 0.327. The van der Waals surface area contributed by atoms with E-state index in [-0.39, 0.29) is 0 Å². The van der Waals surface area contributed by atoms with Crippen LogP contribution in [0.5, 0.6) is 0 Å². The van der Waals surface area contributed by atoms with Crippen molar-refractivity contribution >= 4 is 13.6 Å². The van der Waals surface area contributed by atoms with Crippen molar-refractivity contribution in [2.75, 3.05) is 0 Å². The number of carboxylic acid groups (broad SMARTS) is 1. The summed E-state index contributed by atoms with van der Waals surface area (Å²) in [6.45, 7) is 3.51. The molecule has 0 aliphatic carbocycles. The van der Waals surface area contributed by atoms with Crippen LogP contribution in [0.25, 0.3) is 0 Å². The van der Waals surface area contributed by atoms with Crippen LogP contribution in [0.15, 0.2) is 10.9 Å². The highest BCUT2D eigenvalue weighted by Gasteiger charge is 2.30. The van der Waals surface area contributed by atoms with Gasteiger partial charge in [-0.05, 0) is 18.4 Å². The molecule has 0 spiro atoms. The van der Waals surface area contributed by atoms with Gasteiger partial charge in [-0.1, -0.05) is 20.3 Å². The number of hydrogen-bond acceptors (Lipinski definition) is 2. The third kappa shape index (κ3) is 3.62.